The smallest absolute Gasteiger partial charge is 0.123 e. The zero-order chi connectivity index (χ0) is 15.0. The predicted molar refractivity (Wildman–Crippen MR) is 87.5 cm³/mol. The molecule has 19 heavy (non-hydrogen) atoms. The summed E-state index contributed by atoms with van der Waals surface area (Å²) in [6.07, 6.45) is 0.793. The quantitative estimate of drug-likeness (QED) is 0.775. The standard InChI is InChI=1S/C17H26OS/c1-11(19)8-12-9-13(16(2,3)4)15(18)14(10-12)17(5,6)7/h9-10,18H,8H2,1-7H3. The Kier molecular flexibility index (Phi) is 4.46. The first-order chi connectivity index (χ1) is 8.43. The summed E-state index contributed by atoms with van der Waals surface area (Å²) < 4.78 is 0. The number of benzene rings is 1. The van der Waals surface area contributed by atoms with Gasteiger partial charge in [-0.1, -0.05) is 65.9 Å². The first-order valence-corrected chi connectivity index (χ1v) is 7.20. The maximum atomic E-state index is 10.6. The van der Waals surface area contributed by atoms with E-state index < -0.39 is 0 Å². The van der Waals surface area contributed by atoms with Crippen molar-refractivity contribution in [2.45, 2.75) is 65.7 Å². The van der Waals surface area contributed by atoms with Gasteiger partial charge in [0.2, 0.25) is 0 Å². The maximum absolute atomic E-state index is 10.6. The highest BCUT2D eigenvalue weighted by molar-refractivity contribution is 7.80. The zero-order valence-corrected chi connectivity index (χ0v) is 14.0. The molecular weight excluding hydrogens is 252 g/mol. The summed E-state index contributed by atoms with van der Waals surface area (Å²) in [5, 5.41) is 10.6. The third kappa shape index (κ3) is 4.04. The summed E-state index contributed by atoms with van der Waals surface area (Å²) in [4.78, 5) is 0.977. The summed E-state index contributed by atoms with van der Waals surface area (Å²) >= 11 is 5.22. The average Bonchev–Trinajstić information content (AvgIpc) is 2.16. The Bertz CT molecular complexity index is 452. The normalized spacial score (nSPS) is 12.6. The maximum Gasteiger partial charge on any atom is 0.123 e. The zero-order valence-electron chi connectivity index (χ0n) is 13.2. The molecule has 0 amide bonds. The molecule has 1 rings (SSSR count). The van der Waals surface area contributed by atoms with E-state index in [4.69, 9.17) is 12.2 Å². The molecule has 1 aromatic carbocycles. The number of thiocarbonyl (C=S) groups is 1. The molecule has 1 aromatic rings. The van der Waals surface area contributed by atoms with E-state index in [1.807, 2.05) is 6.92 Å². The van der Waals surface area contributed by atoms with Crippen molar-refractivity contribution in [3.05, 3.63) is 28.8 Å². The van der Waals surface area contributed by atoms with Gasteiger partial charge in [0.1, 0.15) is 5.75 Å². The minimum atomic E-state index is -0.0740. The number of aromatic hydroxyl groups is 1. The minimum Gasteiger partial charge on any atom is -0.507 e. The van der Waals surface area contributed by atoms with Crippen molar-refractivity contribution in [3.8, 4) is 5.75 Å². The predicted octanol–water partition coefficient (Wildman–Crippen LogP) is 4.92. The van der Waals surface area contributed by atoms with Crippen LogP contribution in [0.2, 0.25) is 0 Å². The van der Waals surface area contributed by atoms with Crippen LogP contribution < -0.4 is 0 Å². The fourth-order valence-electron chi connectivity index (χ4n) is 2.23. The van der Waals surface area contributed by atoms with Crippen LogP contribution in [-0.2, 0) is 17.3 Å². The molecule has 0 heterocycles. The third-order valence-electron chi connectivity index (χ3n) is 3.24. The molecule has 0 radical (unpaired) electrons. The Morgan fingerprint density at radius 3 is 1.63 bits per heavy atom. The molecule has 0 bridgehead atoms. The van der Waals surface area contributed by atoms with Crippen molar-refractivity contribution >= 4 is 17.1 Å². The van der Waals surface area contributed by atoms with Gasteiger partial charge in [0.15, 0.2) is 0 Å². The Hall–Kier alpha value is -0.890. The molecule has 1 nitrogen and oxygen atoms in total. The molecule has 0 spiro atoms. The molecule has 0 saturated heterocycles. The lowest BCUT2D eigenvalue weighted by Crippen LogP contribution is -2.18. The van der Waals surface area contributed by atoms with Gasteiger partial charge in [-0.2, -0.15) is 0 Å². The minimum absolute atomic E-state index is 0.0740. The van der Waals surface area contributed by atoms with Crippen LogP contribution in [0.4, 0.5) is 0 Å². The van der Waals surface area contributed by atoms with Crippen LogP contribution in [0.5, 0.6) is 5.75 Å². The lowest BCUT2D eigenvalue weighted by molar-refractivity contribution is 0.423. The second-order valence-corrected chi connectivity index (χ2v) is 8.12. The van der Waals surface area contributed by atoms with Gasteiger partial charge in [0.05, 0.1) is 0 Å². The van der Waals surface area contributed by atoms with Gasteiger partial charge >= 0.3 is 0 Å². The second kappa shape index (κ2) is 5.24. The van der Waals surface area contributed by atoms with Crippen molar-refractivity contribution in [2.24, 2.45) is 0 Å². The Labute approximate surface area is 123 Å². The van der Waals surface area contributed by atoms with Crippen LogP contribution in [0, 0.1) is 0 Å². The van der Waals surface area contributed by atoms with Gasteiger partial charge in [-0.25, -0.2) is 0 Å². The Balaban J connectivity index is 3.52. The lowest BCUT2D eigenvalue weighted by atomic mass is 9.78. The van der Waals surface area contributed by atoms with Crippen LogP contribution in [0.15, 0.2) is 12.1 Å². The highest BCUT2D eigenvalue weighted by atomic mass is 32.1. The largest absolute Gasteiger partial charge is 0.507 e. The monoisotopic (exact) mass is 278 g/mol. The lowest BCUT2D eigenvalue weighted by Gasteiger charge is -2.28. The Morgan fingerprint density at radius 2 is 1.37 bits per heavy atom. The van der Waals surface area contributed by atoms with Gasteiger partial charge in [-0.15, -0.1) is 0 Å². The third-order valence-corrected chi connectivity index (χ3v) is 3.38. The molecule has 0 atom stereocenters. The molecular formula is C17H26OS. The van der Waals surface area contributed by atoms with E-state index >= 15 is 0 Å². The average molecular weight is 278 g/mol. The van der Waals surface area contributed by atoms with E-state index in [1.165, 1.54) is 5.56 Å². The molecule has 0 aliphatic rings. The molecule has 0 aliphatic heterocycles. The van der Waals surface area contributed by atoms with E-state index in [9.17, 15) is 5.11 Å². The van der Waals surface area contributed by atoms with Crippen LogP contribution in [0.3, 0.4) is 0 Å². The van der Waals surface area contributed by atoms with Crippen molar-refractivity contribution < 1.29 is 5.11 Å². The molecule has 2 heteroatoms. The first kappa shape index (κ1) is 16.2. The van der Waals surface area contributed by atoms with Crippen LogP contribution in [-0.4, -0.2) is 9.97 Å². The van der Waals surface area contributed by atoms with Gasteiger partial charge in [-0.05, 0) is 39.3 Å². The second-order valence-electron chi connectivity index (χ2n) is 7.42. The number of hydrogen-bond acceptors (Lipinski definition) is 2. The molecule has 106 valence electrons. The molecule has 0 saturated carbocycles. The van der Waals surface area contributed by atoms with E-state index in [2.05, 4.69) is 53.7 Å². The number of phenolic OH excluding ortho intramolecular Hbond substituents is 1. The van der Waals surface area contributed by atoms with E-state index in [-0.39, 0.29) is 10.8 Å². The topological polar surface area (TPSA) is 20.2 Å². The molecule has 0 aliphatic carbocycles. The highest BCUT2D eigenvalue weighted by Crippen LogP contribution is 2.39. The Morgan fingerprint density at radius 1 is 1.00 bits per heavy atom. The van der Waals surface area contributed by atoms with Crippen molar-refractivity contribution in [1.82, 2.24) is 0 Å². The van der Waals surface area contributed by atoms with Crippen LogP contribution in [0.25, 0.3) is 0 Å². The number of hydrogen-bond donors (Lipinski definition) is 1. The van der Waals surface area contributed by atoms with Gasteiger partial charge in [0, 0.05) is 6.42 Å². The summed E-state index contributed by atoms with van der Waals surface area (Å²) in [7, 11) is 0. The van der Waals surface area contributed by atoms with E-state index in [0.29, 0.717) is 5.75 Å². The molecule has 0 unspecified atom stereocenters. The fourth-order valence-corrected chi connectivity index (χ4v) is 2.39. The van der Waals surface area contributed by atoms with Crippen molar-refractivity contribution in [3.63, 3.8) is 0 Å². The summed E-state index contributed by atoms with van der Waals surface area (Å²) in [5.41, 5.74) is 3.06. The van der Waals surface area contributed by atoms with Crippen LogP contribution >= 0.6 is 12.2 Å². The number of rotatable bonds is 2. The first-order valence-electron chi connectivity index (χ1n) is 6.79. The summed E-state index contributed by atoms with van der Waals surface area (Å²) in [5.74, 6) is 0.436. The molecule has 1 N–H and O–H groups in total. The summed E-state index contributed by atoms with van der Waals surface area (Å²) in [6.45, 7) is 14.7. The van der Waals surface area contributed by atoms with Crippen molar-refractivity contribution in [1.29, 1.82) is 0 Å². The molecule has 0 fully saturated rings. The van der Waals surface area contributed by atoms with Gasteiger partial charge in [0.25, 0.3) is 0 Å². The molecule has 0 aromatic heterocycles. The van der Waals surface area contributed by atoms with E-state index in [0.717, 1.165) is 22.4 Å². The summed E-state index contributed by atoms with van der Waals surface area (Å²) in [6, 6.07) is 4.20. The fraction of sp³-hybridized carbons (Fsp3) is 0.588. The number of phenols is 1. The SMILES string of the molecule is CC(=S)Cc1cc(C(C)(C)C)c(O)c(C(C)(C)C)c1. The van der Waals surface area contributed by atoms with Gasteiger partial charge < -0.3 is 5.11 Å². The van der Waals surface area contributed by atoms with Crippen LogP contribution in [0.1, 0.15) is 65.2 Å². The highest BCUT2D eigenvalue weighted by Gasteiger charge is 2.26. The van der Waals surface area contributed by atoms with Crippen molar-refractivity contribution in [2.75, 3.05) is 0 Å². The van der Waals surface area contributed by atoms with E-state index in [1.54, 1.807) is 0 Å². The van der Waals surface area contributed by atoms with Gasteiger partial charge in [-0.3, -0.25) is 0 Å².